The lowest BCUT2D eigenvalue weighted by Gasteiger charge is -2.20. The van der Waals surface area contributed by atoms with Crippen LogP contribution in [0.5, 0.6) is 0 Å². The van der Waals surface area contributed by atoms with Crippen LogP contribution in [0.25, 0.3) is 0 Å². The Balaban J connectivity index is 0.00000242. The molecule has 1 N–H and O–H groups in total. The number of thiazole rings is 1. The average Bonchev–Trinajstić information content (AvgIpc) is 2.89. The summed E-state index contributed by atoms with van der Waals surface area (Å²) in [5.74, 6) is 2.15. The average molecular weight is 454 g/mol. The van der Waals surface area contributed by atoms with Crippen LogP contribution in [0.4, 0.5) is 0 Å². The van der Waals surface area contributed by atoms with Crippen molar-refractivity contribution in [2.45, 2.75) is 38.6 Å². The van der Waals surface area contributed by atoms with E-state index < -0.39 is 0 Å². The van der Waals surface area contributed by atoms with Crippen LogP contribution in [0, 0.1) is 0 Å². The zero-order chi connectivity index (χ0) is 15.1. The van der Waals surface area contributed by atoms with Crippen molar-refractivity contribution in [3.63, 3.8) is 0 Å². The number of hydrogen-bond donors (Lipinski definition) is 1. The Hall–Kier alpha value is -0.0200. The number of nitrogens with zero attached hydrogens (tertiary/aromatic N) is 3. The number of nitrogens with one attached hydrogen (secondary N) is 1. The smallest absolute Gasteiger partial charge is 0.193 e. The first kappa shape index (κ1) is 20.0. The number of guanidine groups is 1. The van der Waals surface area contributed by atoms with Crippen molar-refractivity contribution in [3.05, 3.63) is 15.6 Å². The summed E-state index contributed by atoms with van der Waals surface area (Å²) < 4.78 is 0. The lowest BCUT2D eigenvalue weighted by atomic mass is 10.0. The molecule has 1 heterocycles. The van der Waals surface area contributed by atoms with Gasteiger partial charge in [0.25, 0.3) is 0 Å². The Morgan fingerprint density at radius 1 is 1.41 bits per heavy atom. The van der Waals surface area contributed by atoms with Crippen LogP contribution in [0.15, 0.2) is 4.99 Å². The second kappa shape index (κ2) is 10.7. The van der Waals surface area contributed by atoms with Crippen LogP contribution >= 0.6 is 47.1 Å². The molecule has 7 heteroatoms. The lowest BCUT2D eigenvalue weighted by molar-refractivity contribution is 0.475. The van der Waals surface area contributed by atoms with Crippen molar-refractivity contribution in [1.29, 1.82) is 0 Å². The predicted octanol–water partition coefficient (Wildman–Crippen LogP) is 3.40. The fourth-order valence-corrected chi connectivity index (χ4v) is 4.20. The summed E-state index contributed by atoms with van der Waals surface area (Å²) >= 11 is 3.77. The summed E-state index contributed by atoms with van der Waals surface area (Å²) in [5.41, 5.74) is 1.34. The first-order valence-electron chi connectivity index (χ1n) is 7.62. The number of aromatic nitrogens is 1. The number of aliphatic imine (C=N–C) groups is 1. The zero-order valence-electron chi connectivity index (χ0n) is 13.7. The van der Waals surface area contributed by atoms with Gasteiger partial charge in [-0.05, 0) is 44.1 Å². The van der Waals surface area contributed by atoms with Crippen LogP contribution in [0.3, 0.4) is 0 Å². The van der Waals surface area contributed by atoms with Gasteiger partial charge >= 0.3 is 0 Å². The van der Waals surface area contributed by atoms with Gasteiger partial charge in [-0.25, -0.2) is 4.98 Å². The molecule has 1 aliphatic rings. The summed E-state index contributed by atoms with van der Waals surface area (Å²) in [6.07, 6.45) is 8.31. The molecule has 1 aromatic heterocycles. The van der Waals surface area contributed by atoms with E-state index in [9.17, 15) is 0 Å². The Kier molecular flexibility index (Phi) is 9.74. The molecule has 0 bridgehead atoms. The van der Waals surface area contributed by atoms with E-state index in [-0.39, 0.29) is 24.0 Å². The third kappa shape index (κ3) is 5.88. The lowest BCUT2D eigenvalue weighted by Crippen LogP contribution is -2.39. The quantitative estimate of drug-likeness (QED) is 0.310. The molecule has 1 aliphatic carbocycles. The largest absolute Gasteiger partial charge is 0.356 e. The Bertz CT molecular complexity index is 453. The Labute approximate surface area is 159 Å². The summed E-state index contributed by atoms with van der Waals surface area (Å²) in [5, 5.41) is 4.64. The normalized spacial score (nSPS) is 14.2. The molecule has 4 nitrogen and oxygen atoms in total. The van der Waals surface area contributed by atoms with E-state index in [2.05, 4.69) is 28.5 Å². The van der Waals surface area contributed by atoms with Gasteiger partial charge in [0, 0.05) is 25.5 Å². The minimum Gasteiger partial charge on any atom is -0.356 e. The highest BCUT2D eigenvalue weighted by Gasteiger charge is 2.16. The third-order valence-corrected chi connectivity index (χ3v) is 5.48. The molecule has 0 radical (unpaired) electrons. The SMILES string of the molecule is CN=C(NCCCSC)N(C)Cc1nc2c(s1)CCCC2.I. The highest BCUT2D eigenvalue weighted by atomic mass is 127. The minimum atomic E-state index is 0. The van der Waals surface area contributed by atoms with Crippen molar-refractivity contribution in [2.24, 2.45) is 4.99 Å². The number of rotatable bonds is 6. The molecule has 0 amide bonds. The van der Waals surface area contributed by atoms with Gasteiger partial charge in [0.15, 0.2) is 5.96 Å². The third-order valence-electron chi connectivity index (χ3n) is 3.64. The maximum absolute atomic E-state index is 4.81. The molecule has 126 valence electrons. The molecule has 0 aromatic carbocycles. The molecule has 0 saturated carbocycles. The maximum atomic E-state index is 4.81. The summed E-state index contributed by atoms with van der Waals surface area (Å²) in [6.45, 7) is 1.83. The highest BCUT2D eigenvalue weighted by molar-refractivity contribution is 14.0. The van der Waals surface area contributed by atoms with Gasteiger partial charge in [0.2, 0.25) is 0 Å². The van der Waals surface area contributed by atoms with Crippen molar-refractivity contribution in [1.82, 2.24) is 15.2 Å². The topological polar surface area (TPSA) is 40.5 Å². The van der Waals surface area contributed by atoms with Gasteiger partial charge in [0.05, 0.1) is 12.2 Å². The van der Waals surface area contributed by atoms with Crippen molar-refractivity contribution in [3.8, 4) is 0 Å². The van der Waals surface area contributed by atoms with Gasteiger partial charge in [-0.15, -0.1) is 35.3 Å². The Morgan fingerprint density at radius 2 is 2.18 bits per heavy atom. The number of hydrogen-bond acceptors (Lipinski definition) is 4. The number of halogens is 1. The second-order valence-electron chi connectivity index (χ2n) is 5.36. The summed E-state index contributed by atoms with van der Waals surface area (Å²) in [6, 6.07) is 0. The zero-order valence-corrected chi connectivity index (χ0v) is 17.7. The molecular formula is C15H27IN4S2. The standard InChI is InChI=1S/C15H26N4S2.HI/c1-16-15(17-9-6-10-20-3)19(2)11-14-18-12-7-4-5-8-13(12)21-14;/h4-11H2,1-3H3,(H,16,17);1H. The van der Waals surface area contributed by atoms with Gasteiger partial charge in [0.1, 0.15) is 5.01 Å². The molecular weight excluding hydrogens is 427 g/mol. The first-order chi connectivity index (χ1) is 10.2. The number of thioether (sulfide) groups is 1. The van der Waals surface area contributed by atoms with Crippen LogP contribution in [-0.4, -0.2) is 48.5 Å². The van der Waals surface area contributed by atoms with Crippen molar-refractivity contribution in [2.75, 3.05) is 32.6 Å². The van der Waals surface area contributed by atoms with E-state index in [0.29, 0.717) is 0 Å². The van der Waals surface area contributed by atoms with E-state index in [1.807, 2.05) is 30.1 Å². The van der Waals surface area contributed by atoms with Crippen molar-refractivity contribution >= 4 is 53.0 Å². The van der Waals surface area contributed by atoms with Crippen LogP contribution in [0.1, 0.15) is 34.8 Å². The van der Waals surface area contributed by atoms with E-state index in [0.717, 1.165) is 25.5 Å². The first-order valence-corrected chi connectivity index (χ1v) is 9.83. The summed E-state index contributed by atoms with van der Waals surface area (Å²) in [4.78, 5) is 12.9. The molecule has 1 aromatic rings. The predicted molar refractivity (Wildman–Crippen MR) is 110 cm³/mol. The molecule has 0 spiro atoms. The molecule has 0 atom stereocenters. The Morgan fingerprint density at radius 3 is 2.86 bits per heavy atom. The fourth-order valence-electron chi connectivity index (χ4n) is 2.55. The molecule has 22 heavy (non-hydrogen) atoms. The van der Waals surface area contributed by atoms with Gasteiger partial charge < -0.3 is 10.2 Å². The molecule has 0 saturated heterocycles. The molecule has 2 rings (SSSR count). The number of fused-ring (bicyclic) bond motifs is 1. The second-order valence-corrected chi connectivity index (χ2v) is 7.51. The van der Waals surface area contributed by atoms with Gasteiger partial charge in [-0.1, -0.05) is 0 Å². The van der Waals surface area contributed by atoms with Crippen molar-refractivity contribution < 1.29 is 0 Å². The minimum absolute atomic E-state index is 0. The van der Waals surface area contributed by atoms with E-state index in [4.69, 9.17) is 4.98 Å². The highest BCUT2D eigenvalue weighted by Crippen LogP contribution is 2.27. The molecule has 0 unspecified atom stereocenters. The monoisotopic (exact) mass is 454 g/mol. The maximum Gasteiger partial charge on any atom is 0.193 e. The molecule has 0 fully saturated rings. The van der Waals surface area contributed by atoms with Gasteiger partial charge in [-0.3, -0.25) is 4.99 Å². The van der Waals surface area contributed by atoms with Crippen LogP contribution < -0.4 is 5.32 Å². The van der Waals surface area contributed by atoms with Crippen LogP contribution in [-0.2, 0) is 19.4 Å². The molecule has 0 aliphatic heterocycles. The number of aryl methyl sites for hydroxylation is 2. The van der Waals surface area contributed by atoms with E-state index >= 15 is 0 Å². The summed E-state index contributed by atoms with van der Waals surface area (Å²) in [7, 11) is 3.94. The fraction of sp³-hybridized carbons (Fsp3) is 0.733. The van der Waals surface area contributed by atoms with E-state index in [1.54, 1.807) is 0 Å². The van der Waals surface area contributed by atoms with E-state index in [1.165, 1.54) is 47.0 Å². The van der Waals surface area contributed by atoms with Gasteiger partial charge in [-0.2, -0.15) is 11.8 Å². The van der Waals surface area contributed by atoms with Crippen LogP contribution in [0.2, 0.25) is 0 Å².